The molecular weight excluding hydrogens is 332 g/mol. The van der Waals surface area contributed by atoms with Gasteiger partial charge in [-0.05, 0) is 24.0 Å². The third kappa shape index (κ3) is 3.48. The Hall–Kier alpha value is -2.67. The number of pyridine rings is 1. The summed E-state index contributed by atoms with van der Waals surface area (Å²) in [6.07, 6.45) is 2.12. The molecule has 2 aromatic rings. The Labute approximate surface area is 151 Å². The normalized spacial score (nSPS) is 19.3. The number of fused-ring (bicyclic) bond motifs is 1. The van der Waals surface area contributed by atoms with Crippen molar-refractivity contribution in [2.45, 2.75) is 26.3 Å². The highest BCUT2D eigenvalue weighted by Gasteiger charge is 2.35. The van der Waals surface area contributed by atoms with E-state index >= 15 is 0 Å². The van der Waals surface area contributed by atoms with Gasteiger partial charge in [0.1, 0.15) is 5.56 Å². The molecule has 1 saturated heterocycles. The van der Waals surface area contributed by atoms with Crippen LogP contribution in [0.3, 0.4) is 0 Å². The van der Waals surface area contributed by atoms with E-state index in [0.717, 1.165) is 6.42 Å². The number of benzene rings is 1. The molecule has 0 saturated carbocycles. The molecule has 1 aromatic heterocycles. The molecule has 2 amide bonds. The second-order valence-corrected chi connectivity index (χ2v) is 7.46. The zero-order chi connectivity index (χ0) is 18.9. The predicted octanol–water partition coefficient (Wildman–Crippen LogP) is 0.844. The number of nitrogens with one attached hydrogen (secondary N) is 2. The molecule has 1 aromatic carbocycles. The molecule has 26 heavy (non-hydrogen) atoms. The fourth-order valence-electron chi connectivity index (χ4n) is 3.29. The van der Waals surface area contributed by atoms with Crippen molar-refractivity contribution in [1.82, 2.24) is 15.2 Å². The van der Waals surface area contributed by atoms with Crippen LogP contribution < -0.4 is 16.5 Å². The summed E-state index contributed by atoms with van der Waals surface area (Å²) in [5.41, 5.74) is 6.24. The van der Waals surface area contributed by atoms with Crippen LogP contribution in [-0.2, 0) is 4.79 Å². The number of carbonyl (C=O) groups excluding carboxylic acids is 2. The van der Waals surface area contributed by atoms with E-state index in [1.54, 1.807) is 23.1 Å². The molecule has 138 valence electrons. The van der Waals surface area contributed by atoms with Gasteiger partial charge in [0.2, 0.25) is 11.3 Å². The molecule has 2 heterocycles. The monoisotopic (exact) mass is 356 g/mol. The molecule has 1 aliphatic rings. The number of carbonyl (C=O) groups is 2. The number of hydrogen-bond donors (Lipinski definition) is 3. The molecule has 1 fully saturated rings. The maximum Gasteiger partial charge on any atom is 0.257 e. The SMILES string of the molecule is CC1(C)CN(C(=O)CNC(=O)c2c[nH]c3ccccc3c2=O)CCC1N. The first kappa shape index (κ1) is 18.1. The highest BCUT2D eigenvalue weighted by molar-refractivity contribution is 5.98. The Morgan fingerprint density at radius 3 is 2.81 bits per heavy atom. The van der Waals surface area contributed by atoms with Crippen molar-refractivity contribution in [1.29, 1.82) is 0 Å². The van der Waals surface area contributed by atoms with Gasteiger partial charge in [0.25, 0.3) is 5.91 Å². The van der Waals surface area contributed by atoms with Gasteiger partial charge >= 0.3 is 0 Å². The maximum absolute atomic E-state index is 12.4. The lowest BCUT2D eigenvalue weighted by Gasteiger charge is -2.42. The minimum Gasteiger partial charge on any atom is -0.360 e. The Balaban J connectivity index is 1.67. The number of aromatic nitrogens is 1. The van der Waals surface area contributed by atoms with E-state index in [1.165, 1.54) is 6.20 Å². The van der Waals surface area contributed by atoms with Crippen molar-refractivity contribution >= 4 is 22.7 Å². The first-order chi connectivity index (χ1) is 12.3. The molecule has 0 spiro atoms. The third-order valence-electron chi connectivity index (χ3n) is 5.10. The van der Waals surface area contributed by atoms with Crippen LogP contribution in [0.1, 0.15) is 30.6 Å². The smallest absolute Gasteiger partial charge is 0.257 e. The largest absolute Gasteiger partial charge is 0.360 e. The van der Waals surface area contributed by atoms with Crippen LogP contribution in [-0.4, -0.2) is 47.4 Å². The number of aromatic amines is 1. The van der Waals surface area contributed by atoms with Crippen LogP contribution in [0.4, 0.5) is 0 Å². The van der Waals surface area contributed by atoms with Crippen molar-refractivity contribution in [3.8, 4) is 0 Å². The summed E-state index contributed by atoms with van der Waals surface area (Å²) >= 11 is 0. The molecule has 1 atom stereocenters. The van der Waals surface area contributed by atoms with E-state index in [1.807, 2.05) is 19.9 Å². The number of nitrogens with zero attached hydrogens (tertiary/aromatic N) is 1. The lowest BCUT2D eigenvalue weighted by atomic mass is 9.79. The quantitative estimate of drug-likeness (QED) is 0.757. The highest BCUT2D eigenvalue weighted by Crippen LogP contribution is 2.27. The molecule has 4 N–H and O–H groups in total. The van der Waals surface area contributed by atoms with Gasteiger partial charge in [0.05, 0.1) is 6.54 Å². The fourth-order valence-corrected chi connectivity index (χ4v) is 3.29. The molecule has 0 bridgehead atoms. The van der Waals surface area contributed by atoms with Gasteiger partial charge in [-0.25, -0.2) is 0 Å². The average molecular weight is 356 g/mol. The minimum absolute atomic E-state index is 0.00232. The summed E-state index contributed by atoms with van der Waals surface area (Å²) in [5, 5.41) is 3.00. The van der Waals surface area contributed by atoms with Crippen LogP contribution in [0.2, 0.25) is 0 Å². The molecule has 0 radical (unpaired) electrons. The van der Waals surface area contributed by atoms with Crippen molar-refractivity contribution in [2.24, 2.45) is 11.1 Å². The Bertz CT molecular complexity index is 903. The third-order valence-corrected chi connectivity index (χ3v) is 5.10. The number of piperidine rings is 1. The maximum atomic E-state index is 12.4. The number of rotatable bonds is 3. The lowest BCUT2D eigenvalue weighted by Crippen LogP contribution is -2.55. The molecule has 1 aliphatic heterocycles. The van der Waals surface area contributed by atoms with Crippen LogP contribution in [0.15, 0.2) is 35.3 Å². The molecule has 7 nitrogen and oxygen atoms in total. The predicted molar refractivity (Wildman–Crippen MR) is 99.9 cm³/mol. The summed E-state index contributed by atoms with van der Waals surface area (Å²) in [4.78, 5) is 41.9. The van der Waals surface area contributed by atoms with E-state index in [4.69, 9.17) is 5.73 Å². The van der Waals surface area contributed by atoms with Gasteiger partial charge < -0.3 is 20.9 Å². The Morgan fingerprint density at radius 2 is 2.08 bits per heavy atom. The topological polar surface area (TPSA) is 108 Å². The van der Waals surface area contributed by atoms with Crippen LogP contribution in [0.25, 0.3) is 10.9 Å². The summed E-state index contributed by atoms with van der Waals surface area (Å²) in [5.74, 6) is -0.728. The number of amides is 2. The number of hydrogen-bond acceptors (Lipinski definition) is 4. The minimum atomic E-state index is -0.557. The first-order valence-corrected chi connectivity index (χ1v) is 8.71. The molecule has 0 aliphatic carbocycles. The highest BCUT2D eigenvalue weighted by atomic mass is 16.2. The zero-order valence-corrected chi connectivity index (χ0v) is 15.0. The molecule has 7 heteroatoms. The van der Waals surface area contributed by atoms with Gasteiger partial charge in [0.15, 0.2) is 0 Å². The average Bonchev–Trinajstić information content (AvgIpc) is 2.62. The lowest BCUT2D eigenvalue weighted by molar-refractivity contribution is -0.133. The van der Waals surface area contributed by atoms with E-state index in [9.17, 15) is 14.4 Å². The van der Waals surface area contributed by atoms with Crippen LogP contribution in [0.5, 0.6) is 0 Å². The number of para-hydroxylation sites is 1. The number of likely N-dealkylation sites (tertiary alicyclic amines) is 1. The number of H-pyrrole nitrogens is 1. The van der Waals surface area contributed by atoms with Gasteiger partial charge in [0, 0.05) is 36.2 Å². The second kappa shape index (κ2) is 6.92. The van der Waals surface area contributed by atoms with E-state index < -0.39 is 5.91 Å². The van der Waals surface area contributed by atoms with Crippen molar-refractivity contribution in [2.75, 3.05) is 19.6 Å². The molecule has 1 unspecified atom stereocenters. The van der Waals surface area contributed by atoms with Gasteiger partial charge in [-0.15, -0.1) is 0 Å². The second-order valence-electron chi connectivity index (χ2n) is 7.46. The van der Waals surface area contributed by atoms with Crippen molar-refractivity contribution in [3.63, 3.8) is 0 Å². The Kier molecular flexibility index (Phi) is 4.82. The van der Waals surface area contributed by atoms with E-state index in [-0.39, 0.29) is 34.9 Å². The molecular formula is C19H24N4O3. The first-order valence-electron chi connectivity index (χ1n) is 8.71. The standard InChI is InChI=1S/C19H24N4O3/c1-19(2)11-23(8-7-15(19)20)16(24)10-22-18(26)13-9-21-14-6-4-3-5-12(14)17(13)25/h3-6,9,15H,7-8,10-11,20H2,1-2H3,(H,21,25)(H,22,26). The molecule has 3 rings (SSSR count). The number of nitrogens with two attached hydrogens (primary N) is 1. The van der Waals surface area contributed by atoms with Crippen LogP contribution >= 0.6 is 0 Å². The van der Waals surface area contributed by atoms with Crippen LogP contribution in [0, 0.1) is 5.41 Å². The Morgan fingerprint density at radius 1 is 1.35 bits per heavy atom. The van der Waals surface area contributed by atoms with Gasteiger partial charge in [-0.1, -0.05) is 26.0 Å². The van der Waals surface area contributed by atoms with Crippen molar-refractivity contribution in [3.05, 3.63) is 46.2 Å². The summed E-state index contributed by atoms with van der Waals surface area (Å²) in [7, 11) is 0. The fraction of sp³-hybridized carbons (Fsp3) is 0.421. The van der Waals surface area contributed by atoms with E-state index in [0.29, 0.717) is 24.0 Å². The van der Waals surface area contributed by atoms with Gasteiger partial charge in [-0.3, -0.25) is 14.4 Å². The summed E-state index contributed by atoms with van der Waals surface area (Å²) in [6, 6.07) is 7.03. The van der Waals surface area contributed by atoms with E-state index in [2.05, 4.69) is 10.3 Å². The summed E-state index contributed by atoms with van der Waals surface area (Å²) < 4.78 is 0. The summed E-state index contributed by atoms with van der Waals surface area (Å²) in [6.45, 7) is 5.06. The van der Waals surface area contributed by atoms with Crippen molar-refractivity contribution < 1.29 is 9.59 Å². The van der Waals surface area contributed by atoms with Gasteiger partial charge in [-0.2, -0.15) is 0 Å². The zero-order valence-electron chi connectivity index (χ0n) is 15.0.